The van der Waals surface area contributed by atoms with Gasteiger partial charge in [-0.2, -0.15) is 0 Å². The monoisotopic (exact) mass is 516 g/mol. The van der Waals surface area contributed by atoms with E-state index in [1.165, 1.54) is 7.11 Å². The quantitative estimate of drug-likeness (QED) is 0.499. The van der Waals surface area contributed by atoms with E-state index in [9.17, 15) is 24.3 Å². The first kappa shape index (κ1) is 29.0. The van der Waals surface area contributed by atoms with Crippen LogP contribution in [0.15, 0.2) is 21.4 Å². The predicted octanol–water partition coefficient (Wildman–Crippen LogP) is 3.86. The molecule has 0 aromatic heterocycles. The fourth-order valence-electron chi connectivity index (χ4n) is 5.53. The van der Waals surface area contributed by atoms with Gasteiger partial charge in [0.1, 0.15) is 17.6 Å². The lowest BCUT2D eigenvalue weighted by Gasteiger charge is -2.21. The molecule has 9 heteroatoms. The number of methoxy groups -OCH3 is 1. The lowest BCUT2D eigenvalue weighted by atomic mass is 9.88. The zero-order chi connectivity index (χ0) is 26.9. The zero-order valence-corrected chi connectivity index (χ0v) is 22.0. The molecule has 0 aromatic rings. The minimum Gasteiger partial charge on any atom is -0.481 e. The number of aliphatic imine (C=N–C) groups is 2. The van der Waals surface area contributed by atoms with Crippen LogP contribution in [-0.4, -0.2) is 64.8 Å². The second-order valence-corrected chi connectivity index (χ2v) is 10.7. The second-order valence-electron chi connectivity index (χ2n) is 10.7. The highest BCUT2D eigenvalue weighted by Crippen LogP contribution is 2.34. The van der Waals surface area contributed by atoms with E-state index in [4.69, 9.17) is 14.8 Å². The minimum atomic E-state index is -1.33. The van der Waals surface area contributed by atoms with Crippen LogP contribution < -0.4 is 0 Å². The van der Waals surface area contributed by atoms with Gasteiger partial charge in [0, 0.05) is 43.9 Å². The summed E-state index contributed by atoms with van der Waals surface area (Å²) in [5, 5.41) is 19.2. The van der Waals surface area contributed by atoms with Crippen molar-refractivity contribution >= 4 is 34.7 Å². The van der Waals surface area contributed by atoms with Crippen LogP contribution in [0.3, 0.4) is 0 Å². The molecular weight excluding hydrogens is 476 g/mol. The van der Waals surface area contributed by atoms with Gasteiger partial charge in [0.05, 0.1) is 18.0 Å². The summed E-state index contributed by atoms with van der Waals surface area (Å²) < 4.78 is 4.92. The largest absolute Gasteiger partial charge is 0.481 e. The van der Waals surface area contributed by atoms with Crippen LogP contribution in [0.25, 0.3) is 0 Å². The number of carbonyl (C=O) groups is 4. The van der Waals surface area contributed by atoms with Gasteiger partial charge in [-0.15, -0.1) is 0 Å². The molecule has 2 N–H and O–H groups in total. The number of allylic oxidation sites excluding steroid dienone is 2. The average molecular weight is 517 g/mol. The first-order valence-electron chi connectivity index (χ1n) is 13.6. The number of rotatable bonds is 8. The molecule has 4 unspecified atom stereocenters. The van der Waals surface area contributed by atoms with Crippen molar-refractivity contribution in [3.63, 3.8) is 0 Å². The lowest BCUT2D eigenvalue weighted by molar-refractivity contribution is -0.137. The Bertz CT molecular complexity index is 981. The number of aliphatic hydroxyl groups excluding tert-OH is 1. The Kier molecular flexibility index (Phi) is 10.9. The lowest BCUT2D eigenvalue weighted by Crippen LogP contribution is -2.33. The third-order valence-electron chi connectivity index (χ3n) is 7.74. The number of carboxylic acid groups (broad SMARTS) is 1. The molecule has 0 spiro atoms. The van der Waals surface area contributed by atoms with E-state index >= 15 is 0 Å². The number of ketones is 3. The summed E-state index contributed by atoms with van der Waals surface area (Å²) in [7, 11) is 1.41. The molecule has 0 saturated heterocycles. The molecule has 37 heavy (non-hydrogen) atoms. The average Bonchev–Trinajstić information content (AvgIpc) is 2.96. The molecule has 204 valence electrons. The number of carbonyl (C=O) groups excluding carboxylic acids is 3. The summed E-state index contributed by atoms with van der Waals surface area (Å²) in [6.07, 6.45) is 5.50. The summed E-state index contributed by atoms with van der Waals surface area (Å²) in [6.45, 7) is 1.89. The highest BCUT2D eigenvalue weighted by molar-refractivity contribution is 6.42. The molecule has 2 aliphatic heterocycles. The van der Waals surface area contributed by atoms with Gasteiger partial charge in [-0.3, -0.25) is 24.2 Å². The number of Topliss-reactive ketones (excluding diaryl/α,β-unsaturated/α-hetero) is 3. The SMILES string of the molecule is COCC(O)C(=O)C1=N/C2=C(/N=C3CCC(CCCC(=O)O)C(=O)CCC(CCC2=O)C3)C(C)CCC1. The van der Waals surface area contributed by atoms with Gasteiger partial charge in [0.2, 0.25) is 5.78 Å². The number of nitrogens with zero attached hydrogens (tertiary/aromatic N) is 2. The summed E-state index contributed by atoms with van der Waals surface area (Å²) in [6, 6.07) is 0. The summed E-state index contributed by atoms with van der Waals surface area (Å²) in [5.74, 6) is -1.39. The molecule has 1 aliphatic carbocycles. The molecule has 2 bridgehead atoms. The van der Waals surface area contributed by atoms with Gasteiger partial charge < -0.3 is 14.9 Å². The van der Waals surface area contributed by atoms with Gasteiger partial charge in [-0.25, -0.2) is 4.99 Å². The van der Waals surface area contributed by atoms with Crippen molar-refractivity contribution in [1.82, 2.24) is 0 Å². The Morgan fingerprint density at radius 2 is 1.81 bits per heavy atom. The Labute approximate surface area is 218 Å². The van der Waals surface area contributed by atoms with Gasteiger partial charge in [0.15, 0.2) is 5.78 Å². The van der Waals surface area contributed by atoms with E-state index in [0.717, 1.165) is 12.1 Å². The second kappa shape index (κ2) is 13.9. The van der Waals surface area contributed by atoms with E-state index in [1.54, 1.807) is 0 Å². The van der Waals surface area contributed by atoms with E-state index in [0.29, 0.717) is 69.9 Å². The van der Waals surface area contributed by atoms with Crippen molar-refractivity contribution in [3.8, 4) is 0 Å². The number of carboxylic acids is 1. The van der Waals surface area contributed by atoms with Crippen molar-refractivity contribution in [3.05, 3.63) is 11.4 Å². The fraction of sp³-hybridized carbons (Fsp3) is 0.714. The maximum Gasteiger partial charge on any atom is 0.303 e. The molecule has 0 aromatic carbocycles. The van der Waals surface area contributed by atoms with E-state index in [-0.39, 0.29) is 60.2 Å². The third-order valence-corrected chi connectivity index (χ3v) is 7.74. The molecule has 0 amide bonds. The Balaban J connectivity index is 1.97. The molecule has 3 rings (SSSR count). The highest BCUT2D eigenvalue weighted by Gasteiger charge is 2.31. The van der Waals surface area contributed by atoms with Crippen LogP contribution >= 0.6 is 0 Å². The number of fused-ring (bicyclic) bond motifs is 2. The van der Waals surface area contributed by atoms with Gasteiger partial charge >= 0.3 is 5.97 Å². The summed E-state index contributed by atoms with van der Waals surface area (Å²) in [5.41, 5.74) is 1.96. The molecule has 2 heterocycles. The molecule has 1 saturated carbocycles. The summed E-state index contributed by atoms with van der Waals surface area (Å²) in [4.78, 5) is 59.7. The van der Waals surface area contributed by atoms with Crippen LogP contribution in [0.4, 0.5) is 0 Å². The number of hydrogen-bond acceptors (Lipinski definition) is 8. The van der Waals surface area contributed by atoms with Crippen LogP contribution in [0, 0.1) is 17.8 Å². The Morgan fingerprint density at radius 1 is 1.05 bits per heavy atom. The maximum absolute atomic E-state index is 13.4. The maximum atomic E-state index is 13.4. The molecule has 9 nitrogen and oxygen atoms in total. The predicted molar refractivity (Wildman–Crippen MR) is 139 cm³/mol. The van der Waals surface area contributed by atoms with E-state index < -0.39 is 17.9 Å². The number of hydrogen-bond donors (Lipinski definition) is 2. The van der Waals surface area contributed by atoms with Crippen molar-refractivity contribution in [1.29, 1.82) is 0 Å². The first-order valence-corrected chi connectivity index (χ1v) is 13.6. The van der Waals surface area contributed by atoms with Crippen molar-refractivity contribution in [2.45, 2.75) is 96.5 Å². The highest BCUT2D eigenvalue weighted by atomic mass is 16.5. The van der Waals surface area contributed by atoms with Gasteiger partial charge in [-0.1, -0.05) is 6.92 Å². The molecular formula is C28H40N2O7. The van der Waals surface area contributed by atoms with E-state index in [2.05, 4.69) is 4.99 Å². The molecule has 3 aliphatic rings. The smallest absolute Gasteiger partial charge is 0.303 e. The minimum absolute atomic E-state index is 0.0204. The van der Waals surface area contributed by atoms with Crippen molar-refractivity contribution in [2.24, 2.45) is 27.7 Å². The zero-order valence-electron chi connectivity index (χ0n) is 22.0. The van der Waals surface area contributed by atoms with Crippen LogP contribution in [0.5, 0.6) is 0 Å². The van der Waals surface area contributed by atoms with Crippen molar-refractivity contribution < 1.29 is 34.1 Å². The standard InChI is InChI=1S/C28H40N2O7/c1-17-5-3-7-21(28(36)24(33)16-37-2)30-27-23(32)14-10-18-9-13-22(31)19(6-4-8-25(34)35)11-12-20(15-18)29-26(17)27/h17-19,24,33H,3-16H2,1-2H3,(H,34,35)/b27-26+,29-20?,30-21?. The molecule has 1 fully saturated rings. The van der Waals surface area contributed by atoms with Crippen molar-refractivity contribution in [2.75, 3.05) is 13.7 Å². The van der Waals surface area contributed by atoms with Gasteiger partial charge in [0.25, 0.3) is 0 Å². The van der Waals surface area contributed by atoms with Crippen LogP contribution in [-0.2, 0) is 23.9 Å². The number of aliphatic hydroxyl groups is 1. The first-order chi connectivity index (χ1) is 17.7. The fourth-order valence-corrected chi connectivity index (χ4v) is 5.53. The third kappa shape index (κ3) is 8.23. The van der Waals surface area contributed by atoms with E-state index in [1.807, 2.05) is 6.92 Å². The normalized spacial score (nSPS) is 28.5. The van der Waals surface area contributed by atoms with Crippen LogP contribution in [0.2, 0.25) is 0 Å². The number of ether oxygens (including phenoxy) is 1. The molecule has 4 atom stereocenters. The molecule has 0 radical (unpaired) electrons. The topological polar surface area (TPSA) is 143 Å². The Hall–Kier alpha value is -2.52. The van der Waals surface area contributed by atoms with Gasteiger partial charge in [-0.05, 0) is 70.1 Å². The van der Waals surface area contributed by atoms with Crippen LogP contribution in [0.1, 0.15) is 90.4 Å². The Morgan fingerprint density at radius 3 is 2.54 bits per heavy atom. The summed E-state index contributed by atoms with van der Waals surface area (Å²) >= 11 is 0. The number of aliphatic carboxylic acids is 1.